The standard InChI is InChI=1S/C12H12N4S/c1-6-4-7(2)10-9(5-6)13-12(14-10)11-8(3)15-16-17-11/h4-5H,1-3H3,(H,13,14). The molecule has 17 heavy (non-hydrogen) atoms. The van der Waals surface area contributed by atoms with Crippen LogP contribution in [-0.2, 0) is 0 Å². The zero-order valence-electron chi connectivity index (χ0n) is 9.90. The minimum atomic E-state index is 0.862. The van der Waals surface area contributed by atoms with Crippen LogP contribution in [0, 0.1) is 20.8 Å². The molecule has 0 bridgehead atoms. The summed E-state index contributed by atoms with van der Waals surface area (Å²) >= 11 is 1.37. The lowest BCUT2D eigenvalue weighted by Gasteiger charge is -1.96. The normalized spacial score (nSPS) is 11.2. The van der Waals surface area contributed by atoms with Crippen LogP contribution in [0.1, 0.15) is 16.8 Å². The summed E-state index contributed by atoms with van der Waals surface area (Å²) in [6, 6.07) is 4.26. The Morgan fingerprint density at radius 3 is 2.71 bits per heavy atom. The van der Waals surface area contributed by atoms with Crippen molar-refractivity contribution in [3.05, 3.63) is 29.0 Å². The van der Waals surface area contributed by atoms with E-state index in [1.165, 1.54) is 22.7 Å². The number of benzene rings is 1. The maximum atomic E-state index is 4.63. The van der Waals surface area contributed by atoms with E-state index in [0.717, 1.165) is 27.4 Å². The van der Waals surface area contributed by atoms with Crippen LogP contribution in [0.2, 0.25) is 0 Å². The van der Waals surface area contributed by atoms with E-state index in [1.807, 2.05) is 6.92 Å². The minimum Gasteiger partial charge on any atom is -0.337 e. The summed E-state index contributed by atoms with van der Waals surface area (Å²) in [5, 5.41) is 4.01. The number of fused-ring (bicyclic) bond motifs is 1. The number of aromatic nitrogens is 4. The zero-order valence-corrected chi connectivity index (χ0v) is 10.7. The Hall–Kier alpha value is -1.75. The molecular weight excluding hydrogens is 232 g/mol. The number of rotatable bonds is 1. The first kappa shape index (κ1) is 10.4. The fourth-order valence-corrected chi connectivity index (χ4v) is 2.63. The zero-order chi connectivity index (χ0) is 12.0. The molecule has 1 aromatic carbocycles. The Kier molecular flexibility index (Phi) is 2.22. The summed E-state index contributed by atoms with van der Waals surface area (Å²) in [6.07, 6.45) is 0. The van der Waals surface area contributed by atoms with Gasteiger partial charge in [-0.2, -0.15) is 0 Å². The molecule has 2 aromatic heterocycles. The van der Waals surface area contributed by atoms with Gasteiger partial charge in [0.1, 0.15) is 4.88 Å². The molecule has 0 atom stereocenters. The number of hydrogen-bond donors (Lipinski definition) is 1. The maximum Gasteiger partial charge on any atom is 0.152 e. The highest BCUT2D eigenvalue weighted by atomic mass is 32.1. The van der Waals surface area contributed by atoms with Crippen LogP contribution >= 0.6 is 11.5 Å². The van der Waals surface area contributed by atoms with Crippen molar-refractivity contribution >= 4 is 22.6 Å². The van der Waals surface area contributed by atoms with Crippen LogP contribution in [0.4, 0.5) is 0 Å². The minimum absolute atomic E-state index is 0.862. The first-order chi connectivity index (χ1) is 8.15. The molecule has 86 valence electrons. The van der Waals surface area contributed by atoms with Crippen molar-refractivity contribution in [2.75, 3.05) is 0 Å². The van der Waals surface area contributed by atoms with E-state index in [2.05, 4.69) is 45.5 Å². The van der Waals surface area contributed by atoms with Gasteiger partial charge in [-0.15, -0.1) is 5.10 Å². The molecule has 3 rings (SSSR count). The second-order valence-corrected chi connectivity index (χ2v) is 5.00. The van der Waals surface area contributed by atoms with Gasteiger partial charge in [0.2, 0.25) is 0 Å². The van der Waals surface area contributed by atoms with Crippen molar-refractivity contribution in [3.63, 3.8) is 0 Å². The molecule has 0 saturated heterocycles. The number of hydrogen-bond acceptors (Lipinski definition) is 4. The van der Waals surface area contributed by atoms with Crippen LogP contribution in [-0.4, -0.2) is 19.6 Å². The van der Waals surface area contributed by atoms with Gasteiger partial charge in [0.05, 0.1) is 16.7 Å². The fraction of sp³-hybridized carbons (Fsp3) is 0.250. The fourth-order valence-electron chi connectivity index (χ4n) is 2.03. The molecular formula is C12H12N4S. The number of nitrogens with one attached hydrogen (secondary N) is 1. The van der Waals surface area contributed by atoms with Crippen LogP contribution < -0.4 is 0 Å². The second-order valence-electron chi connectivity index (χ2n) is 4.25. The third-order valence-electron chi connectivity index (χ3n) is 2.79. The van der Waals surface area contributed by atoms with Crippen LogP contribution in [0.25, 0.3) is 21.7 Å². The SMILES string of the molecule is Cc1cc(C)c2nc(-c3snnc3C)[nH]c2c1. The second kappa shape index (κ2) is 3.63. The first-order valence-corrected chi connectivity index (χ1v) is 6.19. The van der Waals surface area contributed by atoms with E-state index in [4.69, 9.17) is 0 Å². The van der Waals surface area contributed by atoms with E-state index in [9.17, 15) is 0 Å². The van der Waals surface area contributed by atoms with E-state index < -0.39 is 0 Å². The monoisotopic (exact) mass is 244 g/mol. The number of aryl methyl sites for hydroxylation is 3. The summed E-state index contributed by atoms with van der Waals surface area (Å²) in [7, 11) is 0. The van der Waals surface area contributed by atoms with Gasteiger partial charge < -0.3 is 4.98 Å². The van der Waals surface area contributed by atoms with Gasteiger partial charge >= 0.3 is 0 Å². The molecule has 0 aliphatic heterocycles. The third-order valence-corrected chi connectivity index (χ3v) is 3.62. The van der Waals surface area contributed by atoms with Crippen molar-refractivity contribution in [2.24, 2.45) is 0 Å². The van der Waals surface area contributed by atoms with Gasteiger partial charge in [-0.3, -0.25) is 0 Å². The quantitative estimate of drug-likeness (QED) is 0.716. The predicted octanol–water partition coefficient (Wildman–Crippen LogP) is 3.01. The average Bonchev–Trinajstić information content (AvgIpc) is 2.83. The molecule has 0 spiro atoms. The van der Waals surface area contributed by atoms with Crippen LogP contribution in [0.3, 0.4) is 0 Å². The van der Waals surface area contributed by atoms with Gasteiger partial charge in [0.25, 0.3) is 0 Å². The molecule has 4 nitrogen and oxygen atoms in total. The van der Waals surface area contributed by atoms with E-state index >= 15 is 0 Å². The van der Waals surface area contributed by atoms with Crippen molar-refractivity contribution in [1.82, 2.24) is 19.6 Å². The highest BCUT2D eigenvalue weighted by Gasteiger charge is 2.12. The smallest absolute Gasteiger partial charge is 0.152 e. The molecule has 3 aromatic rings. The molecule has 0 fully saturated rings. The number of imidazole rings is 1. The van der Waals surface area contributed by atoms with E-state index in [1.54, 1.807) is 0 Å². The molecule has 0 aliphatic rings. The molecule has 5 heteroatoms. The van der Waals surface area contributed by atoms with Gasteiger partial charge in [-0.1, -0.05) is 10.6 Å². The maximum absolute atomic E-state index is 4.63. The Labute approximate surface area is 103 Å². The van der Waals surface area contributed by atoms with Crippen molar-refractivity contribution in [3.8, 4) is 10.7 Å². The van der Waals surface area contributed by atoms with E-state index in [-0.39, 0.29) is 0 Å². The van der Waals surface area contributed by atoms with Crippen LogP contribution in [0.5, 0.6) is 0 Å². The first-order valence-electron chi connectivity index (χ1n) is 5.41. The Balaban J connectivity index is 2.27. The summed E-state index contributed by atoms with van der Waals surface area (Å²) < 4.78 is 3.94. The largest absolute Gasteiger partial charge is 0.337 e. The number of H-pyrrole nitrogens is 1. The number of aromatic amines is 1. The molecule has 0 amide bonds. The lowest BCUT2D eigenvalue weighted by Crippen LogP contribution is -1.80. The summed E-state index contributed by atoms with van der Waals surface area (Å²) in [6.45, 7) is 6.12. The summed E-state index contributed by atoms with van der Waals surface area (Å²) in [4.78, 5) is 8.98. The highest BCUT2D eigenvalue weighted by molar-refractivity contribution is 7.09. The topological polar surface area (TPSA) is 54.5 Å². The van der Waals surface area contributed by atoms with Gasteiger partial charge in [-0.25, -0.2) is 4.98 Å². The van der Waals surface area contributed by atoms with Crippen molar-refractivity contribution in [2.45, 2.75) is 20.8 Å². The molecule has 1 N–H and O–H groups in total. The van der Waals surface area contributed by atoms with Gasteiger partial charge in [-0.05, 0) is 49.5 Å². The van der Waals surface area contributed by atoms with E-state index in [0.29, 0.717) is 0 Å². The summed E-state index contributed by atoms with van der Waals surface area (Å²) in [5.41, 5.74) is 5.45. The molecule has 0 saturated carbocycles. The molecule has 2 heterocycles. The summed E-state index contributed by atoms with van der Waals surface area (Å²) in [5.74, 6) is 0.862. The Bertz CT molecular complexity index is 696. The Morgan fingerprint density at radius 1 is 1.18 bits per heavy atom. The molecule has 0 radical (unpaired) electrons. The van der Waals surface area contributed by atoms with Gasteiger partial charge in [0, 0.05) is 0 Å². The Morgan fingerprint density at radius 2 is 2.00 bits per heavy atom. The lowest BCUT2D eigenvalue weighted by molar-refractivity contribution is 1.09. The van der Waals surface area contributed by atoms with Crippen molar-refractivity contribution in [1.29, 1.82) is 0 Å². The number of nitrogens with zero attached hydrogens (tertiary/aromatic N) is 3. The predicted molar refractivity (Wildman–Crippen MR) is 69.2 cm³/mol. The highest BCUT2D eigenvalue weighted by Crippen LogP contribution is 2.27. The molecule has 0 aliphatic carbocycles. The molecule has 0 unspecified atom stereocenters. The lowest BCUT2D eigenvalue weighted by atomic mass is 10.1. The average molecular weight is 244 g/mol. The van der Waals surface area contributed by atoms with Crippen LogP contribution in [0.15, 0.2) is 12.1 Å². The van der Waals surface area contributed by atoms with Crippen molar-refractivity contribution < 1.29 is 0 Å². The van der Waals surface area contributed by atoms with Gasteiger partial charge in [0.15, 0.2) is 5.82 Å². The third kappa shape index (κ3) is 1.63.